The third-order valence-corrected chi connectivity index (χ3v) is 4.54. The second-order valence-corrected chi connectivity index (χ2v) is 7.20. The van der Waals surface area contributed by atoms with E-state index >= 15 is 0 Å². The normalized spacial score (nSPS) is 13.9. The molecule has 0 fully saturated rings. The minimum atomic E-state index is -3.77. The van der Waals surface area contributed by atoms with Gasteiger partial charge in [0.2, 0.25) is 15.9 Å². The molecule has 9 heteroatoms. The smallest absolute Gasteiger partial charge is 0.269 e. The number of nitro groups is 1. The molecule has 1 aromatic rings. The minimum absolute atomic E-state index is 0.160. The fourth-order valence-corrected chi connectivity index (χ4v) is 2.40. The van der Waals surface area contributed by atoms with Gasteiger partial charge in [-0.1, -0.05) is 12.2 Å². The molecule has 0 saturated heterocycles. The van der Waals surface area contributed by atoms with Crippen LogP contribution in [0.2, 0.25) is 0 Å². The molecule has 0 aromatic heterocycles. The Balaban J connectivity index is 3.17. The third kappa shape index (κ3) is 4.36. The summed E-state index contributed by atoms with van der Waals surface area (Å²) in [6.07, 6.45) is -0.497. The van der Waals surface area contributed by atoms with Gasteiger partial charge in [0, 0.05) is 19.2 Å². The minimum Gasteiger partial charge on any atom is -0.387 e. The van der Waals surface area contributed by atoms with Gasteiger partial charge < -0.3 is 5.11 Å². The molecule has 0 aliphatic rings. The first-order valence-electron chi connectivity index (χ1n) is 6.52. The Morgan fingerprint density at radius 1 is 1.35 bits per heavy atom. The number of nitrogens with zero attached hydrogens (tertiary/aromatic N) is 2. The van der Waals surface area contributed by atoms with Crippen molar-refractivity contribution in [1.29, 1.82) is 0 Å². The Morgan fingerprint density at radius 2 is 1.83 bits per heavy atom. The maximum atomic E-state index is 12.3. The van der Waals surface area contributed by atoms with Crippen molar-refractivity contribution in [2.24, 2.45) is 5.92 Å². The molecule has 126 valence electrons. The van der Waals surface area contributed by atoms with Crippen molar-refractivity contribution < 1.29 is 23.2 Å². The average Bonchev–Trinajstić information content (AvgIpc) is 2.45. The van der Waals surface area contributed by atoms with Crippen molar-refractivity contribution in [2.75, 3.05) is 13.3 Å². The van der Waals surface area contributed by atoms with Gasteiger partial charge in [-0.05, 0) is 24.6 Å². The molecule has 8 nitrogen and oxygen atoms in total. The summed E-state index contributed by atoms with van der Waals surface area (Å²) in [6, 6.07) is 5.01. The summed E-state index contributed by atoms with van der Waals surface area (Å²) in [6.45, 7) is 5.12. The standard InChI is InChI=1S/C14H18N2O6S/c1-9(2)12(14(18)15(3)23(4,21)22)13(17)10-5-7-11(8-6-10)16(19)20/h5-8,12-13,17H,1H2,2-4H3/t12-,13-/m1/s1. The number of hydrogen-bond donors (Lipinski definition) is 1. The zero-order valence-corrected chi connectivity index (χ0v) is 13.8. The molecule has 0 radical (unpaired) electrons. The first-order chi connectivity index (χ1) is 10.5. The second kappa shape index (κ2) is 6.88. The van der Waals surface area contributed by atoms with Crippen LogP contribution in [-0.4, -0.2) is 42.0 Å². The van der Waals surface area contributed by atoms with Gasteiger partial charge in [0.15, 0.2) is 0 Å². The van der Waals surface area contributed by atoms with E-state index in [-0.39, 0.29) is 16.8 Å². The highest BCUT2D eigenvalue weighted by atomic mass is 32.2. The number of amides is 1. The summed E-state index contributed by atoms with van der Waals surface area (Å²) in [5.41, 5.74) is 0.364. The van der Waals surface area contributed by atoms with E-state index in [1.807, 2.05) is 0 Å². The van der Waals surface area contributed by atoms with E-state index in [4.69, 9.17) is 0 Å². The van der Waals surface area contributed by atoms with E-state index < -0.39 is 32.9 Å². The molecule has 1 amide bonds. The molecule has 1 aromatic carbocycles. The fourth-order valence-electron chi connectivity index (χ4n) is 1.96. The predicted molar refractivity (Wildman–Crippen MR) is 84.0 cm³/mol. The summed E-state index contributed by atoms with van der Waals surface area (Å²) in [5, 5.41) is 21.0. The van der Waals surface area contributed by atoms with Crippen LogP contribution in [0.1, 0.15) is 18.6 Å². The summed E-state index contributed by atoms with van der Waals surface area (Å²) in [5.74, 6) is -2.01. The van der Waals surface area contributed by atoms with E-state index in [1.165, 1.54) is 31.2 Å². The number of sulfonamides is 1. The van der Waals surface area contributed by atoms with E-state index in [9.17, 15) is 28.4 Å². The maximum absolute atomic E-state index is 12.3. The Hall–Kier alpha value is -2.26. The Bertz CT molecular complexity index is 726. The molecule has 0 spiro atoms. The van der Waals surface area contributed by atoms with Crippen molar-refractivity contribution in [3.63, 3.8) is 0 Å². The quantitative estimate of drug-likeness (QED) is 0.472. The van der Waals surface area contributed by atoms with Crippen LogP contribution in [0, 0.1) is 16.0 Å². The highest BCUT2D eigenvalue weighted by molar-refractivity contribution is 7.88. The van der Waals surface area contributed by atoms with Gasteiger partial charge in [-0.15, -0.1) is 0 Å². The van der Waals surface area contributed by atoms with Gasteiger partial charge in [-0.3, -0.25) is 14.9 Å². The molecule has 0 unspecified atom stereocenters. The van der Waals surface area contributed by atoms with Crippen LogP contribution in [0.15, 0.2) is 36.4 Å². The van der Waals surface area contributed by atoms with Crippen molar-refractivity contribution >= 4 is 21.6 Å². The number of carbonyl (C=O) groups is 1. The average molecular weight is 342 g/mol. The number of hydrogen-bond acceptors (Lipinski definition) is 6. The lowest BCUT2D eigenvalue weighted by Crippen LogP contribution is -2.39. The number of benzene rings is 1. The number of rotatable bonds is 6. The van der Waals surface area contributed by atoms with Crippen LogP contribution in [0.5, 0.6) is 0 Å². The third-order valence-electron chi connectivity index (χ3n) is 3.37. The number of carbonyl (C=O) groups excluding carboxylic acids is 1. The van der Waals surface area contributed by atoms with Crippen LogP contribution in [-0.2, 0) is 14.8 Å². The lowest BCUT2D eigenvalue weighted by atomic mass is 9.89. The van der Waals surface area contributed by atoms with Gasteiger partial charge in [0.05, 0.1) is 23.2 Å². The van der Waals surface area contributed by atoms with E-state index in [2.05, 4.69) is 6.58 Å². The largest absolute Gasteiger partial charge is 0.387 e. The van der Waals surface area contributed by atoms with Crippen LogP contribution in [0.25, 0.3) is 0 Å². The van der Waals surface area contributed by atoms with Crippen LogP contribution in [0.4, 0.5) is 5.69 Å². The SMILES string of the molecule is C=C(C)[C@@H](C(=O)N(C)S(C)(=O)=O)[C@H](O)c1ccc([N+](=O)[O-])cc1. The van der Waals surface area contributed by atoms with Crippen LogP contribution >= 0.6 is 0 Å². The summed E-state index contributed by atoms with van der Waals surface area (Å²) < 4.78 is 23.5. The molecule has 0 heterocycles. The lowest BCUT2D eigenvalue weighted by Gasteiger charge is -2.26. The second-order valence-electron chi connectivity index (χ2n) is 5.19. The molecular weight excluding hydrogens is 324 g/mol. The highest BCUT2D eigenvalue weighted by Gasteiger charge is 2.34. The molecule has 0 aliphatic carbocycles. The number of aliphatic hydroxyl groups excluding tert-OH is 1. The van der Waals surface area contributed by atoms with E-state index in [1.54, 1.807) is 0 Å². The molecule has 1 rings (SSSR count). The number of nitro benzene ring substituents is 1. The molecule has 0 aliphatic heterocycles. The maximum Gasteiger partial charge on any atom is 0.269 e. The fraction of sp³-hybridized carbons (Fsp3) is 0.357. The van der Waals surface area contributed by atoms with Crippen molar-refractivity contribution in [3.05, 3.63) is 52.1 Å². The van der Waals surface area contributed by atoms with Gasteiger partial charge in [-0.25, -0.2) is 12.7 Å². The Morgan fingerprint density at radius 3 is 2.17 bits per heavy atom. The molecule has 0 saturated carbocycles. The monoisotopic (exact) mass is 342 g/mol. The molecular formula is C14H18N2O6S. The molecule has 23 heavy (non-hydrogen) atoms. The van der Waals surface area contributed by atoms with Crippen LogP contribution in [0.3, 0.4) is 0 Å². The first kappa shape index (κ1) is 18.8. The number of aliphatic hydroxyl groups is 1. The van der Waals surface area contributed by atoms with Crippen molar-refractivity contribution in [2.45, 2.75) is 13.0 Å². The van der Waals surface area contributed by atoms with Crippen molar-refractivity contribution in [1.82, 2.24) is 4.31 Å². The van der Waals surface area contributed by atoms with Gasteiger partial charge >= 0.3 is 0 Å². The zero-order chi connectivity index (χ0) is 17.9. The van der Waals surface area contributed by atoms with Gasteiger partial charge in [-0.2, -0.15) is 0 Å². The predicted octanol–water partition coefficient (Wildman–Crippen LogP) is 1.24. The highest BCUT2D eigenvalue weighted by Crippen LogP contribution is 2.30. The lowest BCUT2D eigenvalue weighted by molar-refractivity contribution is -0.384. The summed E-state index contributed by atoms with van der Waals surface area (Å²) in [4.78, 5) is 22.4. The topological polar surface area (TPSA) is 118 Å². The van der Waals surface area contributed by atoms with Crippen LogP contribution < -0.4 is 0 Å². The van der Waals surface area contributed by atoms with Gasteiger partial charge in [0.1, 0.15) is 0 Å². The zero-order valence-electron chi connectivity index (χ0n) is 13.0. The van der Waals surface area contributed by atoms with E-state index in [0.717, 1.165) is 13.3 Å². The van der Waals surface area contributed by atoms with E-state index in [0.29, 0.717) is 4.31 Å². The molecule has 1 N–H and O–H groups in total. The number of non-ortho nitro benzene ring substituents is 1. The summed E-state index contributed by atoms with van der Waals surface area (Å²) >= 11 is 0. The molecule has 0 bridgehead atoms. The van der Waals surface area contributed by atoms with Gasteiger partial charge in [0.25, 0.3) is 5.69 Å². The Labute approximate surface area is 134 Å². The van der Waals surface area contributed by atoms with Crippen molar-refractivity contribution in [3.8, 4) is 0 Å². The first-order valence-corrected chi connectivity index (χ1v) is 8.37. The molecule has 2 atom stereocenters. The Kier molecular flexibility index (Phi) is 5.62. The summed E-state index contributed by atoms with van der Waals surface area (Å²) in [7, 11) is -2.68.